The topological polar surface area (TPSA) is 267 Å². The molecule has 0 aliphatic rings. The SMILES string of the molecule is CO[Si](C)(CNC(=S)Nc1ccc(NC(=S)NCCO)cc1)O[Si](C)(CNC(=S)Nc1ccc(NC(=S)NCCC[NH2+]C(C=O)(C=O)CCC(C=O)(C=O)NCCCN)cc1)OC.[Cl-].[Cl-].[Cl-]. The molecule has 0 amide bonds. The second-order valence-corrected chi connectivity index (χ2v) is 23.1. The molecular formula is C38H62Cl3N11O8S4Si2-2. The summed E-state index contributed by atoms with van der Waals surface area (Å²) in [4.78, 5) is 47.4. The van der Waals surface area contributed by atoms with Crippen molar-refractivity contribution >= 4 is 134 Å². The van der Waals surface area contributed by atoms with E-state index in [1.807, 2.05) is 61.6 Å². The van der Waals surface area contributed by atoms with Gasteiger partial charge in [0.1, 0.15) is 18.1 Å². The van der Waals surface area contributed by atoms with Crippen molar-refractivity contribution in [3.63, 3.8) is 0 Å². The van der Waals surface area contributed by atoms with E-state index < -0.39 is 28.2 Å². The average molecular weight is 1090 g/mol. The van der Waals surface area contributed by atoms with Crippen LogP contribution in [0.25, 0.3) is 0 Å². The zero-order valence-electron chi connectivity index (χ0n) is 37.1. The van der Waals surface area contributed by atoms with Crippen molar-refractivity contribution in [3.05, 3.63) is 48.5 Å². The Morgan fingerprint density at radius 1 is 0.636 bits per heavy atom. The number of nitrogens with two attached hydrogens (primary N) is 2. The van der Waals surface area contributed by atoms with Crippen molar-refractivity contribution in [2.24, 2.45) is 5.73 Å². The summed E-state index contributed by atoms with van der Waals surface area (Å²) in [6.45, 7) is 5.79. The van der Waals surface area contributed by atoms with E-state index in [-0.39, 0.29) is 56.7 Å². The third kappa shape index (κ3) is 24.3. The summed E-state index contributed by atoms with van der Waals surface area (Å²) in [6, 6.07) is 14.7. The Balaban J connectivity index is 0. The standard InChI is InChI=1S/C38H61N11O8S4Si2.3ClH/c1-55-62(3,57-63(4,56-2)28-43-36(61)49-32-13-9-30(10-14-32)47-34(59)41-21-22-50)27-42-35(60)48-31-11-7-29(8-12-31)46-33(58)40-18-6-20-45-38(25-53,26-54)16-15-37(23-51,24-52)44-19-5-17-39;;;/h7-14,23-26,44-45,50H,5-6,15-22,27-28,39H2,1-4H3,(H2,40,46,58)(H2,41,47,59)(H2,42,48,60)(H2,43,49,61);3*1H/p-2. The average Bonchev–Trinajstić information content (AvgIpc) is 3.28. The van der Waals surface area contributed by atoms with Gasteiger partial charge in [-0.3, -0.25) is 14.9 Å². The normalized spacial score (nSPS) is 12.6. The Kier molecular flexibility index (Phi) is 33.7. The molecule has 66 heavy (non-hydrogen) atoms. The van der Waals surface area contributed by atoms with E-state index in [1.54, 1.807) is 19.5 Å². The summed E-state index contributed by atoms with van der Waals surface area (Å²) in [5, 5.41) is 39.9. The Labute approximate surface area is 429 Å². The lowest BCUT2D eigenvalue weighted by Gasteiger charge is -2.35. The molecule has 0 aliphatic heterocycles. The van der Waals surface area contributed by atoms with Gasteiger partial charge < -0.3 is 118 Å². The first-order valence-electron chi connectivity index (χ1n) is 20.0. The van der Waals surface area contributed by atoms with Crippen molar-refractivity contribution in [2.45, 2.75) is 49.9 Å². The van der Waals surface area contributed by atoms with Crippen LogP contribution in [-0.2, 0) is 32.1 Å². The monoisotopic (exact) mass is 1090 g/mol. The van der Waals surface area contributed by atoms with Gasteiger partial charge in [-0.25, -0.2) is 0 Å². The molecule has 0 aliphatic carbocycles. The number of aliphatic hydroxyl groups is 1. The lowest BCUT2D eigenvalue weighted by atomic mass is 9.87. The third-order valence-corrected chi connectivity index (χ3v) is 17.3. The molecule has 0 fully saturated rings. The minimum Gasteiger partial charge on any atom is -1.00 e. The molecule has 0 radical (unpaired) electrons. The van der Waals surface area contributed by atoms with E-state index in [2.05, 4.69) is 47.9 Å². The smallest absolute Gasteiger partial charge is 0.345 e. The zero-order valence-corrected chi connectivity index (χ0v) is 44.7. The fraction of sp³-hybridized carbons (Fsp3) is 0.474. The van der Waals surface area contributed by atoms with Gasteiger partial charge in [0.15, 0.2) is 33.0 Å². The number of rotatable bonds is 30. The Morgan fingerprint density at radius 3 is 1.38 bits per heavy atom. The van der Waals surface area contributed by atoms with E-state index in [1.165, 1.54) is 0 Å². The quantitative estimate of drug-likeness (QED) is 0.0114. The van der Waals surface area contributed by atoms with Gasteiger partial charge in [-0.15, -0.1) is 0 Å². The molecule has 0 saturated carbocycles. The molecule has 0 heterocycles. The number of nitrogens with one attached hydrogen (secondary N) is 9. The number of thiocarbonyl (C=S) groups is 4. The molecule has 2 aromatic carbocycles. The summed E-state index contributed by atoms with van der Waals surface area (Å²) < 4.78 is 18.4. The van der Waals surface area contributed by atoms with Gasteiger partial charge in [0.2, 0.25) is 5.54 Å². The lowest BCUT2D eigenvalue weighted by Crippen LogP contribution is -3.00. The van der Waals surface area contributed by atoms with Gasteiger partial charge in [-0.2, -0.15) is 0 Å². The Morgan fingerprint density at radius 2 is 1.03 bits per heavy atom. The second kappa shape index (κ2) is 34.2. The predicted octanol–water partition coefficient (Wildman–Crippen LogP) is -8.99. The molecule has 0 spiro atoms. The van der Waals surface area contributed by atoms with Gasteiger partial charge in [0.05, 0.1) is 25.5 Å². The minimum absolute atomic E-state index is 0. The van der Waals surface area contributed by atoms with E-state index in [0.29, 0.717) is 103 Å². The van der Waals surface area contributed by atoms with E-state index in [9.17, 15) is 19.2 Å². The maximum Gasteiger partial charge on any atom is 0.345 e. The molecule has 2 atom stereocenters. The maximum absolute atomic E-state index is 12.0. The molecule has 0 aromatic heterocycles. The van der Waals surface area contributed by atoms with Crippen molar-refractivity contribution in [1.82, 2.24) is 26.6 Å². The molecule has 28 heteroatoms. The molecular weight excluding hydrogens is 1030 g/mol. The molecule has 0 saturated heterocycles. The van der Waals surface area contributed by atoms with Crippen LogP contribution in [0, 0.1) is 0 Å². The van der Waals surface area contributed by atoms with Crippen LogP contribution in [0.5, 0.6) is 0 Å². The molecule has 2 aromatic rings. The highest BCUT2D eigenvalue weighted by atomic mass is 35.5. The summed E-state index contributed by atoms with van der Waals surface area (Å²) in [6.07, 6.45) is 3.88. The number of carbonyl (C=O) groups is 4. The number of carbonyl (C=O) groups excluding carboxylic acids is 4. The summed E-state index contributed by atoms with van der Waals surface area (Å²) in [7, 11) is -2.48. The van der Waals surface area contributed by atoms with Gasteiger partial charge in [-0.1, -0.05) is 0 Å². The van der Waals surface area contributed by atoms with Crippen LogP contribution in [-0.4, -0.2) is 145 Å². The molecule has 19 nitrogen and oxygen atoms in total. The number of anilines is 4. The number of aldehydes is 4. The fourth-order valence-electron chi connectivity index (χ4n) is 5.57. The predicted molar refractivity (Wildman–Crippen MR) is 267 cm³/mol. The largest absolute Gasteiger partial charge is 1.00 e. The van der Waals surface area contributed by atoms with Crippen molar-refractivity contribution < 1.29 is 79.8 Å². The van der Waals surface area contributed by atoms with E-state index in [0.717, 1.165) is 22.7 Å². The molecule has 2 unspecified atom stereocenters. The van der Waals surface area contributed by atoms with Crippen LogP contribution < -0.4 is 96.1 Å². The number of halogens is 3. The van der Waals surface area contributed by atoms with Gasteiger partial charge in [0.25, 0.3) is 0 Å². The molecule has 0 bridgehead atoms. The first-order chi connectivity index (χ1) is 30.1. The molecule has 372 valence electrons. The van der Waals surface area contributed by atoms with Crippen LogP contribution in [0.1, 0.15) is 25.7 Å². The molecule has 14 N–H and O–H groups in total. The van der Waals surface area contributed by atoms with Crippen LogP contribution >= 0.6 is 48.9 Å². The number of quaternary nitrogens is 1. The van der Waals surface area contributed by atoms with Gasteiger partial charge >= 0.3 is 17.1 Å². The third-order valence-electron chi connectivity index (χ3n) is 9.49. The summed E-state index contributed by atoms with van der Waals surface area (Å²) in [5.74, 6) is 0. The van der Waals surface area contributed by atoms with Gasteiger partial charge in [0, 0.05) is 62.9 Å². The number of hydrogen-bond donors (Lipinski definition) is 12. The fourth-order valence-corrected chi connectivity index (χ4v) is 12.8. The highest BCUT2D eigenvalue weighted by molar-refractivity contribution is 7.81. The first kappa shape index (κ1) is 65.0. The maximum atomic E-state index is 12.0. The number of benzene rings is 2. The van der Waals surface area contributed by atoms with Crippen LogP contribution in [0.2, 0.25) is 13.1 Å². The van der Waals surface area contributed by atoms with Crippen LogP contribution in [0.15, 0.2) is 48.5 Å². The van der Waals surface area contributed by atoms with E-state index >= 15 is 0 Å². The summed E-state index contributed by atoms with van der Waals surface area (Å²) in [5.41, 5.74) is 5.60. The number of aliphatic hydroxyl groups excluding tert-OH is 1. The first-order valence-corrected chi connectivity index (χ1v) is 26.7. The highest BCUT2D eigenvalue weighted by Crippen LogP contribution is 2.18. The lowest BCUT2D eigenvalue weighted by molar-refractivity contribution is -0.696. The van der Waals surface area contributed by atoms with Gasteiger partial charge in [-0.05, 0) is 136 Å². The second-order valence-electron chi connectivity index (χ2n) is 14.6. The number of hydrogen-bond acceptors (Lipinski definition) is 14. The van der Waals surface area contributed by atoms with Crippen molar-refractivity contribution in [1.29, 1.82) is 0 Å². The zero-order chi connectivity index (χ0) is 46.8. The Bertz CT molecular complexity index is 1810. The van der Waals surface area contributed by atoms with Crippen LogP contribution in [0.4, 0.5) is 22.7 Å². The highest BCUT2D eigenvalue weighted by Gasteiger charge is 2.43. The molecule has 2 rings (SSSR count). The van der Waals surface area contributed by atoms with Crippen molar-refractivity contribution in [3.8, 4) is 0 Å². The summed E-state index contributed by atoms with van der Waals surface area (Å²) >= 11 is 21.7. The van der Waals surface area contributed by atoms with Crippen LogP contribution in [0.3, 0.4) is 0 Å². The Hall–Kier alpha value is -3.10. The van der Waals surface area contributed by atoms with Crippen molar-refractivity contribution in [2.75, 3.05) is 87.2 Å². The minimum atomic E-state index is -2.85. The van der Waals surface area contributed by atoms with E-state index in [4.69, 9.17) is 72.7 Å².